The predicted octanol–water partition coefficient (Wildman–Crippen LogP) is -1.04. The van der Waals surface area contributed by atoms with E-state index >= 15 is 0 Å². The van der Waals surface area contributed by atoms with E-state index in [4.69, 9.17) is 0 Å². The van der Waals surface area contributed by atoms with E-state index in [1.54, 1.807) is 30.9 Å². The maximum absolute atomic E-state index is 12.4. The zero-order valence-corrected chi connectivity index (χ0v) is 16.1. The van der Waals surface area contributed by atoms with Crippen molar-refractivity contribution in [3.63, 3.8) is 0 Å². The molecule has 0 spiro atoms. The van der Waals surface area contributed by atoms with Gasteiger partial charge < -0.3 is 21.3 Å². The summed E-state index contributed by atoms with van der Waals surface area (Å²) in [6.45, 7) is 9.19. The smallest absolute Gasteiger partial charge is 0.257 e. The quantitative estimate of drug-likeness (QED) is 0.233. The first-order chi connectivity index (χ1) is 13.3. The number of pyridine rings is 1. The van der Waals surface area contributed by atoms with Crippen molar-refractivity contribution in [2.24, 2.45) is 7.05 Å². The minimum Gasteiger partial charge on any atom is -0.351 e. The van der Waals surface area contributed by atoms with Crippen LogP contribution >= 0.6 is 0 Å². The van der Waals surface area contributed by atoms with Gasteiger partial charge in [0.15, 0.2) is 12.4 Å². The van der Waals surface area contributed by atoms with Gasteiger partial charge in [0.05, 0.1) is 0 Å². The Hall–Kier alpha value is -3.49. The molecule has 1 atom stereocenters. The third kappa shape index (κ3) is 7.81. The van der Waals surface area contributed by atoms with Crippen LogP contribution in [-0.4, -0.2) is 49.3 Å². The van der Waals surface area contributed by atoms with Gasteiger partial charge in [-0.15, -0.1) is 0 Å². The molecule has 0 fully saturated rings. The molecule has 0 radical (unpaired) electrons. The molecule has 0 aliphatic heterocycles. The largest absolute Gasteiger partial charge is 0.351 e. The van der Waals surface area contributed by atoms with Crippen LogP contribution in [-0.2, 0) is 16.6 Å². The van der Waals surface area contributed by atoms with E-state index in [0.29, 0.717) is 11.1 Å². The van der Waals surface area contributed by atoms with Gasteiger partial charge >= 0.3 is 0 Å². The molecule has 1 heterocycles. The molecule has 1 aromatic rings. The fourth-order valence-electron chi connectivity index (χ4n) is 2.19. The van der Waals surface area contributed by atoms with Gasteiger partial charge in [0.2, 0.25) is 11.8 Å². The molecule has 0 bridgehead atoms. The average molecular weight is 388 g/mol. The molecule has 4 amide bonds. The van der Waals surface area contributed by atoms with Crippen molar-refractivity contribution in [2.45, 2.75) is 13.0 Å². The van der Waals surface area contributed by atoms with Crippen LogP contribution in [0.2, 0.25) is 0 Å². The molecule has 28 heavy (non-hydrogen) atoms. The number of rotatable bonds is 10. The highest BCUT2D eigenvalue weighted by Gasteiger charge is 2.17. The van der Waals surface area contributed by atoms with Crippen molar-refractivity contribution in [3.8, 4) is 0 Å². The summed E-state index contributed by atoms with van der Waals surface area (Å²) in [5.74, 6) is -1.39. The summed E-state index contributed by atoms with van der Waals surface area (Å²) in [4.78, 5) is 46.9. The van der Waals surface area contributed by atoms with Gasteiger partial charge in [-0.2, -0.15) is 0 Å². The number of aryl methyl sites for hydroxylation is 1. The number of nitrogens with one attached hydrogen (secondary N) is 4. The molecule has 0 aliphatic rings. The van der Waals surface area contributed by atoms with Gasteiger partial charge in [-0.3, -0.25) is 19.2 Å². The number of aromatic nitrogens is 1. The van der Waals surface area contributed by atoms with Crippen LogP contribution in [0.5, 0.6) is 0 Å². The standard InChI is InChI=1S/C19H25N5O4/c1-5-16(25)20-7-8-21-18(27)14-9-15(12-24(4)11-14)19(28)23-13(3)10-22-17(26)6-2/h5-6,9,11-13H,1-2,7-8,10H2,3-4H3,(H3-,20,21,22,23,25,26,27,28)/p+1. The number of amides is 4. The van der Waals surface area contributed by atoms with Crippen molar-refractivity contribution < 1.29 is 23.7 Å². The van der Waals surface area contributed by atoms with Gasteiger partial charge in [0, 0.05) is 25.7 Å². The lowest BCUT2D eigenvalue weighted by Gasteiger charge is -2.14. The Morgan fingerprint density at radius 1 is 0.964 bits per heavy atom. The fraction of sp³-hybridized carbons (Fsp3) is 0.316. The summed E-state index contributed by atoms with van der Waals surface area (Å²) in [6.07, 6.45) is 5.47. The number of carbonyl (C=O) groups is 4. The van der Waals surface area contributed by atoms with Crippen LogP contribution in [0.15, 0.2) is 43.8 Å². The highest BCUT2D eigenvalue weighted by atomic mass is 16.2. The highest BCUT2D eigenvalue weighted by molar-refractivity contribution is 5.99. The number of hydrogen-bond donors (Lipinski definition) is 4. The summed E-state index contributed by atoms with van der Waals surface area (Å²) < 4.78 is 1.60. The molecule has 9 heteroatoms. The second-order valence-corrected chi connectivity index (χ2v) is 6.05. The van der Waals surface area contributed by atoms with Gasteiger partial charge in [-0.1, -0.05) is 13.2 Å². The minimum absolute atomic E-state index is 0.235. The summed E-state index contributed by atoms with van der Waals surface area (Å²) in [5, 5.41) is 10.6. The molecular formula is C19H26N5O4+. The van der Waals surface area contributed by atoms with E-state index in [-0.39, 0.29) is 49.3 Å². The Morgan fingerprint density at radius 2 is 1.50 bits per heavy atom. The van der Waals surface area contributed by atoms with Crippen molar-refractivity contribution in [1.29, 1.82) is 0 Å². The zero-order chi connectivity index (χ0) is 21.1. The first kappa shape index (κ1) is 22.6. The van der Waals surface area contributed by atoms with Crippen molar-refractivity contribution in [3.05, 3.63) is 54.9 Å². The van der Waals surface area contributed by atoms with E-state index in [0.717, 1.165) is 12.2 Å². The Bertz CT molecular complexity index is 776. The average Bonchev–Trinajstić information content (AvgIpc) is 2.68. The minimum atomic E-state index is -0.371. The maximum Gasteiger partial charge on any atom is 0.257 e. The van der Waals surface area contributed by atoms with Crippen molar-refractivity contribution in [1.82, 2.24) is 21.3 Å². The van der Waals surface area contributed by atoms with Crippen LogP contribution in [0, 0.1) is 0 Å². The molecule has 9 nitrogen and oxygen atoms in total. The Morgan fingerprint density at radius 3 is 2.11 bits per heavy atom. The lowest BCUT2D eigenvalue weighted by Crippen LogP contribution is -2.42. The van der Waals surface area contributed by atoms with Crippen LogP contribution in [0.3, 0.4) is 0 Å². The monoisotopic (exact) mass is 388 g/mol. The molecule has 4 N–H and O–H groups in total. The van der Waals surface area contributed by atoms with E-state index in [2.05, 4.69) is 34.4 Å². The van der Waals surface area contributed by atoms with Crippen LogP contribution < -0.4 is 25.8 Å². The van der Waals surface area contributed by atoms with Crippen LogP contribution in [0.25, 0.3) is 0 Å². The SMILES string of the molecule is C=CC(=O)NCCNC(=O)c1cc(C(=O)NC(C)CNC(=O)C=C)c[n+](C)c1. The Balaban J connectivity index is 2.67. The summed E-state index contributed by atoms with van der Waals surface area (Å²) >= 11 is 0. The molecule has 0 saturated carbocycles. The first-order valence-electron chi connectivity index (χ1n) is 8.66. The van der Waals surface area contributed by atoms with E-state index < -0.39 is 0 Å². The van der Waals surface area contributed by atoms with Crippen molar-refractivity contribution >= 4 is 23.6 Å². The molecule has 1 rings (SSSR count). The summed E-state index contributed by atoms with van der Waals surface area (Å²) in [6, 6.07) is 1.16. The van der Waals surface area contributed by atoms with Crippen LogP contribution in [0.4, 0.5) is 0 Å². The van der Waals surface area contributed by atoms with Crippen molar-refractivity contribution in [2.75, 3.05) is 19.6 Å². The van der Waals surface area contributed by atoms with Crippen LogP contribution in [0.1, 0.15) is 27.6 Å². The van der Waals surface area contributed by atoms with Gasteiger partial charge in [0.25, 0.3) is 11.8 Å². The molecule has 0 aromatic carbocycles. The third-order valence-electron chi connectivity index (χ3n) is 3.56. The molecule has 1 unspecified atom stereocenters. The number of carbonyl (C=O) groups excluding carboxylic acids is 4. The highest BCUT2D eigenvalue weighted by Crippen LogP contribution is 2.02. The van der Waals surface area contributed by atoms with Gasteiger partial charge in [-0.25, -0.2) is 4.57 Å². The zero-order valence-electron chi connectivity index (χ0n) is 16.1. The predicted molar refractivity (Wildman–Crippen MR) is 103 cm³/mol. The summed E-state index contributed by atoms with van der Waals surface area (Å²) in [7, 11) is 1.70. The second kappa shape index (κ2) is 11.3. The normalized spacial score (nSPS) is 10.9. The Labute approximate surface area is 163 Å². The lowest BCUT2D eigenvalue weighted by molar-refractivity contribution is -0.671. The summed E-state index contributed by atoms with van der Waals surface area (Å²) in [5.41, 5.74) is 0.606. The molecular weight excluding hydrogens is 362 g/mol. The lowest BCUT2D eigenvalue weighted by atomic mass is 10.1. The first-order valence-corrected chi connectivity index (χ1v) is 8.66. The van der Waals surface area contributed by atoms with E-state index in [1.807, 2.05) is 0 Å². The topological polar surface area (TPSA) is 120 Å². The van der Waals surface area contributed by atoms with E-state index in [1.165, 1.54) is 6.07 Å². The van der Waals surface area contributed by atoms with Gasteiger partial charge in [0.1, 0.15) is 18.2 Å². The molecule has 0 saturated heterocycles. The second-order valence-electron chi connectivity index (χ2n) is 6.05. The van der Waals surface area contributed by atoms with Gasteiger partial charge in [-0.05, 0) is 25.1 Å². The molecule has 150 valence electrons. The van der Waals surface area contributed by atoms with E-state index in [9.17, 15) is 19.2 Å². The Kier molecular flexibility index (Phi) is 9.08. The maximum atomic E-state index is 12.4. The number of hydrogen-bond acceptors (Lipinski definition) is 4. The molecule has 1 aromatic heterocycles. The molecule has 0 aliphatic carbocycles. The third-order valence-corrected chi connectivity index (χ3v) is 3.56. The fourth-order valence-corrected chi connectivity index (χ4v) is 2.19. The number of nitrogens with zero attached hydrogens (tertiary/aromatic N) is 1.